The van der Waals surface area contributed by atoms with E-state index < -0.39 is 5.60 Å². The summed E-state index contributed by atoms with van der Waals surface area (Å²) in [7, 11) is 1.54. The number of Topliss-reactive ketones (excluding diaryl/α,β-unsaturated/α-hetero) is 1. The summed E-state index contributed by atoms with van der Waals surface area (Å²) in [5.74, 6) is -0.101. The van der Waals surface area contributed by atoms with Crippen molar-refractivity contribution in [2.45, 2.75) is 65.4 Å². The van der Waals surface area contributed by atoms with Gasteiger partial charge in [0.25, 0.3) is 0 Å². The number of phenolic OH excluding ortho intramolecular Hbond substituents is 2. The maximum Gasteiger partial charge on any atom is 0.169 e. The number of rotatable bonds is 6. The van der Waals surface area contributed by atoms with Crippen LogP contribution in [-0.4, -0.2) is 33.8 Å². The minimum Gasteiger partial charge on any atom is -0.507 e. The first-order valence-corrected chi connectivity index (χ1v) is 10.7. The van der Waals surface area contributed by atoms with Gasteiger partial charge in [0, 0.05) is 18.4 Å². The molecule has 0 heterocycles. The third kappa shape index (κ3) is 4.77. The van der Waals surface area contributed by atoms with Crippen LogP contribution in [0.4, 0.5) is 0 Å². The summed E-state index contributed by atoms with van der Waals surface area (Å²) in [6, 6.07) is 3.52. The van der Waals surface area contributed by atoms with Crippen molar-refractivity contribution in [3.8, 4) is 17.2 Å². The molecule has 5 nitrogen and oxygen atoms in total. The molecular formula is C26H32O5. The van der Waals surface area contributed by atoms with Crippen molar-refractivity contribution in [2.24, 2.45) is 0 Å². The lowest BCUT2D eigenvalue weighted by Crippen LogP contribution is -2.35. The number of fused-ring (bicyclic) bond motifs is 2. The van der Waals surface area contributed by atoms with Crippen molar-refractivity contribution in [3.63, 3.8) is 0 Å². The van der Waals surface area contributed by atoms with E-state index in [4.69, 9.17) is 4.74 Å². The Hall–Kier alpha value is -2.79. The van der Waals surface area contributed by atoms with Crippen molar-refractivity contribution in [1.82, 2.24) is 0 Å². The van der Waals surface area contributed by atoms with Crippen molar-refractivity contribution in [1.29, 1.82) is 0 Å². The van der Waals surface area contributed by atoms with Gasteiger partial charge in [-0.2, -0.15) is 0 Å². The maximum absolute atomic E-state index is 12.6. The highest BCUT2D eigenvalue weighted by atomic mass is 16.5. The molecule has 0 fully saturated rings. The van der Waals surface area contributed by atoms with E-state index in [9.17, 15) is 20.1 Å². The second-order valence-corrected chi connectivity index (χ2v) is 9.11. The van der Waals surface area contributed by atoms with Crippen LogP contribution in [0.3, 0.4) is 0 Å². The van der Waals surface area contributed by atoms with E-state index in [1.807, 2.05) is 0 Å². The molecule has 0 saturated heterocycles. The number of hydrogen-bond acceptors (Lipinski definition) is 5. The fourth-order valence-corrected chi connectivity index (χ4v) is 4.31. The molecule has 3 N–H and O–H groups in total. The lowest BCUT2D eigenvalue weighted by atomic mass is 9.79. The summed E-state index contributed by atoms with van der Waals surface area (Å²) in [6.07, 6.45) is 6.79. The molecule has 5 heteroatoms. The Morgan fingerprint density at radius 3 is 2.48 bits per heavy atom. The van der Waals surface area contributed by atoms with Gasteiger partial charge in [-0.15, -0.1) is 0 Å². The van der Waals surface area contributed by atoms with E-state index in [1.54, 1.807) is 26.2 Å². The predicted octanol–water partition coefficient (Wildman–Crippen LogP) is 5.37. The Bertz CT molecular complexity index is 1090. The predicted molar refractivity (Wildman–Crippen MR) is 123 cm³/mol. The fraction of sp³-hybridized carbons (Fsp3) is 0.423. The van der Waals surface area contributed by atoms with Crippen LogP contribution in [0, 0.1) is 0 Å². The van der Waals surface area contributed by atoms with Crippen LogP contribution in [0.1, 0.15) is 68.4 Å². The molecule has 0 aliphatic heterocycles. The molecule has 1 aliphatic rings. The molecule has 0 bridgehead atoms. The van der Waals surface area contributed by atoms with Gasteiger partial charge in [0.05, 0.1) is 23.7 Å². The van der Waals surface area contributed by atoms with E-state index in [0.717, 1.165) is 12.8 Å². The van der Waals surface area contributed by atoms with Gasteiger partial charge < -0.3 is 20.1 Å². The molecule has 2 aromatic rings. The van der Waals surface area contributed by atoms with Crippen LogP contribution in [-0.2, 0) is 12.8 Å². The first-order valence-electron chi connectivity index (χ1n) is 10.7. The largest absolute Gasteiger partial charge is 0.507 e. The number of methoxy groups -OCH3 is 1. The Balaban J connectivity index is 2.06. The summed E-state index contributed by atoms with van der Waals surface area (Å²) >= 11 is 0. The van der Waals surface area contributed by atoms with E-state index >= 15 is 0 Å². The second kappa shape index (κ2) is 8.75. The van der Waals surface area contributed by atoms with Crippen molar-refractivity contribution in [2.75, 3.05) is 7.11 Å². The van der Waals surface area contributed by atoms with Gasteiger partial charge in [0.2, 0.25) is 0 Å². The molecule has 0 saturated carbocycles. The molecule has 3 rings (SSSR count). The molecule has 0 amide bonds. The van der Waals surface area contributed by atoms with Gasteiger partial charge in [-0.1, -0.05) is 23.3 Å². The summed E-state index contributed by atoms with van der Waals surface area (Å²) in [5, 5.41) is 33.2. The van der Waals surface area contributed by atoms with Crippen LogP contribution in [0.5, 0.6) is 17.2 Å². The normalized spacial score (nSPS) is 18.8. The highest BCUT2D eigenvalue weighted by Crippen LogP contribution is 2.46. The molecule has 166 valence electrons. The van der Waals surface area contributed by atoms with Crippen LogP contribution >= 0.6 is 0 Å². The zero-order valence-corrected chi connectivity index (χ0v) is 19.0. The number of aliphatic hydroxyl groups is 1. The van der Waals surface area contributed by atoms with Crippen molar-refractivity contribution in [3.05, 3.63) is 52.1 Å². The van der Waals surface area contributed by atoms with Crippen LogP contribution in [0.2, 0.25) is 0 Å². The Morgan fingerprint density at radius 1 is 1.13 bits per heavy atom. The minimum atomic E-state index is -1.15. The van der Waals surface area contributed by atoms with E-state index in [1.165, 1.54) is 11.1 Å². The number of ketones is 1. The topological polar surface area (TPSA) is 87.0 Å². The number of hydrogen-bond donors (Lipinski definition) is 3. The van der Waals surface area contributed by atoms with E-state index in [0.29, 0.717) is 28.7 Å². The highest BCUT2D eigenvalue weighted by molar-refractivity contribution is 6.09. The number of phenols is 2. The smallest absolute Gasteiger partial charge is 0.169 e. The Labute approximate surface area is 183 Å². The Morgan fingerprint density at radius 2 is 1.84 bits per heavy atom. The van der Waals surface area contributed by atoms with Crippen molar-refractivity contribution >= 4 is 16.6 Å². The lowest BCUT2D eigenvalue weighted by Gasteiger charge is -2.30. The first-order chi connectivity index (χ1) is 14.5. The standard InChI is InChI=1S/C26H32O5/c1-15(2)7-6-8-16(3)9-10-19-21(31-5)12-17-11-18-13-26(4,30)14-20(27)22(18)25(29)23(17)24(19)28/h7,9,11-12,28-30H,6,8,10,13-14H2,1-5H3/b16-9+/t26-/m1/s1. The zero-order valence-electron chi connectivity index (χ0n) is 19.0. The number of carbonyl (C=O) groups excluding carboxylic acids is 1. The third-order valence-corrected chi connectivity index (χ3v) is 5.88. The van der Waals surface area contributed by atoms with E-state index in [-0.39, 0.29) is 41.1 Å². The summed E-state index contributed by atoms with van der Waals surface area (Å²) in [6.45, 7) is 7.83. The van der Waals surface area contributed by atoms with Gasteiger partial charge in [-0.25, -0.2) is 0 Å². The highest BCUT2D eigenvalue weighted by Gasteiger charge is 2.36. The molecule has 1 aliphatic carbocycles. The minimum absolute atomic E-state index is 0.0591. The molecule has 0 radical (unpaired) electrons. The first kappa shape index (κ1) is 22.9. The number of allylic oxidation sites excluding steroid dienone is 4. The average Bonchev–Trinajstić information content (AvgIpc) is 2.64. The summed E-state index contributed by atoms with van der Waals surface area (Å²) < 4.78 is 5.53. The van der Waals surface area contributed by atoms with Crippen molar-refractivity contribution < 1.29 is 24.9 Å². The monoisotopic (exact) mass is 424 g/mol. The summed E-state index contributed by atoms with van der Waals surface area (Å²) in [4.78, 5) is 12.6. The van der Waals surface area contributed by atoms with Gasteiger partial charge in [-0.05, 0) is 70.0 Å². The third-order valence-electron chi connectivity index (χ3n) is 5.88. The number of carbonyl (C=O) groups is 1. The zero-order chi connectivity index (χ0) is 22.9. The SMILES string of the molecule is COc1cc2cc3c(c(O)c2c(O)c1C/C=C(\C)CCC=C(C)C)C(=O)C[C@](C)(O)C3. The lowest BCUT2D eigenvalue weighted by molar-refractivity contribution is 0.0409. The molecule has 1 atom stereocenters. The maximum atomic E-state index is 12.6. The number of ether oxygens (including phenoxy) is 1. The molecule has 0 aromatic heterocycles. The van der Waals surface area contributed by atoms with Gasteiger partial charge in [0.15, 0.2) is 5.78 Å². The molecule has 0 spiro atoms. The van der Waals surface area contributed by atoms with Crippen LogP contribution in [0.25, 0.3) is 10.8 Å². The molecule has 31 heavy (non-hydrogen) atoms. The van der Waals surface area contributed by atoms with Gasteiger partial charge in [-0.3, -0.25) is 4.79 Å². The second-order valence-electron chi connectivity index (χ2n) is 9.11. The number of benzene rings is 2. The fourth-order valence-electron chi connectivity index (χ4n) is 4.31. The molecular weight excluding hydrogens is 392 g/mol. The summed E-state index contributed by atoms with van der Waals surface area (Å²) in [5.41, 5.74) is 2.68. The average molecular weight is 425 g/mol. The van der Waals surface area contributed by atoms with E-state index in [2.05, 4.69) is 32.9 Å². The molecule has 2 aromatic carbocycles. The Kier molecular flexibility index (Phi) is 6.46. The van der Waals surface area contributed by atoms with Gasteiger partial charge in [0.1, 0.15) is 17.2 Å². The van der Waals surface area contributed by atoms with Crippen LogP contribution in [0.15, 0.2) is 35.4 Å². The quantitative estimate of drug-likeness (QED) is 0.542. The van der Waals surface area contributed by atoms with Crippen LogP contribution < -0.4 is 4.74 Å². The van der Waals surface area contributed by atoms with Gasteiger partial charge >= 0.3 is 0 Å². The number of aromatic hydroxyl groups is 2. The molecule has 0 unspecified atom stereocenters.